The van der Waals surface area contributed by atoms with E-state index in [0.717, 1.165) is 41.9 Å². The van der Waals surface area contributed by atoms with Gasteiger partial charge >= 0.3 is 0 Å². The van der Waals surface area contributed by atoms with E-state index in [9.17, 15) is 9.59 Å². The Labute approximate surface area is 128 Å². The third-order valence-corrected chi connectivity index (χ3v) is 4.30. The number of nitrogens with one attached hydrogen (secondary N) is 1. The van der Waals surface area contributed by atoms with E-state index in [1.165, 1.54) is 0 Å². The Kier molecular flexibility index (Phi) is 2.96. The van der Waals surface area contributed by atoms with Crippen LogP contribution in [0.3, 0.4) is 0 Å². The minimum atomic E-state index is -0.121. The second-order valence-corrected chi connectivity index (χ2v) is 5.79. The van der Waals surface area contributed by atoms with Gasteiger partial charge in [-0.2, -0.15) is 0 Å². The maximum atomic E-state index is 12.3. The molecule has 0 radical (unpaired) electrons. The Hall–Kier alpha value is -2.62. The van der Waals surface area contributed by atoms with Gasteiger partial charge in [-0.3, -0.25) is 9.59 Å². The zero-order chi connectivity index (χ0) is 15.1. The van der Waals surface area contributed by atoms with E-state index in [-0.39, 0.29) is 11.8 Å². The van der Waals surface area contributed by atoms with E-state index in [4.69, 9.17) is 0 Å². The number of nitrogens with zero attached hydrogens (tertiary/aromatic N) is 1. The summed E-state index contributed by atoms with van der Waals surface area (Å²) in [6.07, 6.45) is 2.38. The van der Waals surface area contributed by atoms with Gasteiger partial charge in [-0.1, -0.05) is 18.2 Å². The largest absolute Gasteiger partial charge is 0.322 e. The first-order valence-corrected chi connectivity index (χ1v) is 7.55. The second-order valence-electron chi connectivity index (χ2n) is 5.79. The van der Waals surface area contributed by atoms with Gasteiger partial charge in [-0.25, -0.2) is 0 Å². The number of rotatable bonds is 2. The zero-order valence-electron chi connectivity index (χ0n) is 12.1. The number of hydrogen-bond donors (Lipinski definition) is 1. The van der Waals surface area contributed by atoms with Gasteiger partial charge in [0.25, 0.3) is 5.91 Å². The van der Waals surface area contributed by atoms with Gasteiger partial charge < -0.3 is 10.2 Å². The highest BCUT2D eigenvalue weighted by atomic mass is 16.2. The molecule has 0 unspecified atom stereocenters. The third kappa shape index (κ3) is 2.08. The van der Waals surface area contributed by atoms with Crippen molar-refractivity contribution in [2.24, 2.45) is 0 Å². The fourth-order valence-electron chi connectivity index (χ4n) is 3.34. The van der Waals surface area contributed by atoms with Crippen molar-refractivity contribution in [3.63, 3.8) is 0 Å². The van der Waals surface area contributed by atoms with Crippen molar-refractivity contribution in [3.05, 3.63) is 59.2 Å². The predicted octanol–water partition coefficient (Wildman–Crippen LogP) is 2.77. The summed E-state index contributed by atoms with van der Waals surface area (Å²) in [6, 6.07) is 13.1. The maximum absolute atomic E-state index is 12.3. The Bertz CT molecular complexity index is 768. The summed E-state index contributed by atoms with van der Waals surface area (Å²) in [6.45, 7) is 0.814. The van der Waals surface area contributed by atoms with Crippen LogP contribution in [0, 0.1) is 0 Å². The van der Waals surface area contributed by atoms with Crippen molar-refractivity contribution < 1.29 is 9.59 Å². The van der Waals surface area contributed by atoms with Crippen LogP contribution in [0.1, 0.15) is 27.9 Å². The molecule has 2 aromatic carbocycles. The first-order chi connectivity index (χ1) is 10.7. The van der Waals surface area contributed by atoms with Gasteiger partial charge in [0.05, 0.1) is 12.1 Å². The standard InChI is InChI=1S/C18H16N2O2/c21-16-11-14-10-15(9-13-7-4-8-20(16)17(13)14)19-18(22)12-5-2-1-3-6-12/h1-3,5-6,9-10H,4,7-8,11H2,(H,19,22). The quantitative estimate of drug-likeness (QED) is 0.925. The smallest absolute Gasteiger partial charge is 0.255 e. The van der Waals surface area contributed by atoms with Crippen LogP contribution in [0.5, 0.6) is 0 Å². The van der Waals surface area contributed by atoms with Gasteiger partial charge in [-0.15, -0.1) is 0 Å². The van der Waals surface area contributed by atoms with Crippen LogP contribution in [0.25, 0.3) is 0 Å². The van der Waals surface area contributed by atoms with Crippen LogP contribution in [0.2, 0.25) is 0 Å². The van der Waals surface area contributed by atoms with Crippen LogP contribution < -0.4 is 10.2 Å². The van der Waals surface area contributed by atoms with Crippen LogP contribution in [0.4, 0.5) is 11.4 Å². The van der Waals surface area contributed by atoms with Crippen molar-refractivity contribution in [1.82, 2.24) is 0 Å². The van der Waals surface area contributed by atoms with Crippen LogP contribution >= 0.6 is 0 Å². The molecule has 4 heteroatoms. The highest BCUT2D eigenvalue weighted by Crippen LogP contribution is 2.38. The molecule has 0 saturated carbocycles. The first kappa shape index (κ1) is 13.1. The molecule has 22 heavy (non-hydrogen) atoms. The molecule has 4 rings (SSSR count). The minimum Gasteiger partial charge on any atom is -0.322 e. The van der Waals surface area contributed by atoms with Crippen LogP contribution in [-0.2, 0) is 17.6 Å². The monoisotopic (exact) mass is 292 g/mol. The maximum Gasteiger partial charge on any atom is 0.255 e. The summed E-state index contributed by atoms with van der Waals surface area (Å²) in [7, 11) is 0. The van der Waals surface area contributed by atoms with Crippen molar-refractivity contribution >= 4 is 23.2 Å². The average Bonchev–Trinajstić information content (AvgIpc) is 2.86. The van der Waals surface area contributed by atoms with Gasteiger partial charge in [0, 0.05) is 17.8 Å². The Morgan fingerprint density at radius 3 is 2.68 bits per heavy atom. The molecule has 0 fully saturated rings. The SMILES string of the molecule is O=C(Nc1cc2c3c(c1)CC(=O)N3CCC2)c1ccccc1. The summed E-state index contributed by atoms with van der Waals surface area (Å²) in [5, 5.41) is 2.95. The normalized spacial score (nSPS) is 15.6. The second kappa shape index (κ2) is 4.98. The number of hydrogen-bond acceptors (Lipinski definition) is 2. The van der Waals surface area contributed by atoms with Gasteiger partial charge in [-0.05, 0) is 48.2 Å². The van der Waals surface area contributed by atoms with Crippen LogP contribution in [-0.4, -0.2) is 18.4 Å². The number of carbonyl (C=O) groups excluding carboxylic acids is 2. The topological polar surface area (TPSA) is 49.4 Å². The van der Waals surface area contributed by atoms with Crippen molar-refractivity contribution in [2.75, 3.05) is 16.8 Å². The number of benzene rings is 2. The van der Waals surface area contributed by atoms with E-state index in [1.807, 2.05) is 35.2 Å². The Morgan fingerprint density at radius 2 is 1.86 bits per heavy atom. The molecule has 2 amide bonds. The van der Waals surface area contributed by atoms with Crippen LogP contribution in [0.15, 0.2) is 42.5 Å². The molecular weight excluding hydrogens is 276 g/mol. The fourth-order valence-corrected chi connectivity index (χ4v) is 3.34. The average molecular weight is 292 g/mol. The van der Waals surface area contributed by atoms with Crippen molar-refractivity contribution in [3.8, 4) is 0 Å². The number of aryl methyl sites for hydroxylation is 1. The molecular formula is C18H16N2O2. The van der Waals surface area contributed by atoms with Crippen molar-refractivity contribution in [2.45, 2.75) is 19.3 Å². The first-order valence-electron chi connectivity index (χ1n) is 7.55. The van der Waals surface area contributed by atoms with E-state index < -0.39 is 0 Å². The number of anilines is 2. The summed E-state index contributed by atoms with van der Waals surface area (Å²) >= 11 is 0. The molecule has 0 saturated heterocycles. The summed E-state index contributed by atoms with van der Waals surface area (Å²) < 4.78 is 0. The van der Waals surface area contributed by atoms with E-state index >= 15 is 0 Å². The summed E-state index contributed by atoms with van der Waals surface area (Å²) in [5.74, 6) is 0.0484. The third-order valence-electron chi connectivity index (χ3n) is 4.30. The summed E-state index contributed by atoms with van der Waals surface area (Å²) in [4.78, 5) is 26.2. The molecule has 110 valence electrons. The molecule has 0 aromatic heterocycles. The molecule has 0 aliphatic carbocycles. The van der Waals surface area contributed by atoms with Gasteiger partial charge in [0.15, 0.2) is 0 Å². The fraction of sp³-hybridized carbons (Fsp3) is 0.222. The lowest BCUT2D eigenvalue weighted by Crippen LogP contribution is -2.31. The highest BCUT2D eigenvalue weighted by molar-refractivity contribution is 6.06. The molecule has 2 heterocycles. The van der Waals surface area contributed by atoms with Gasteiger partial charge in [0.1, 0.15) is 0 Å². The molecule has 2 aliphatic heterocycles. The molecule has 0 atom stereocenters. The van der Waals surface area contributed by atoms with E-state index in [1.54, 1.807) is 12.1 Å². The van der Waals surface area contributed by atoms with Crippen molar-refractivity contribution in [1.29, 1.82) is 0 Å². The molecule has 2 aliphatic rings. The molecule has 0 bridgehead atoms. The predicted molar refractivity (Wildman–Crippen MR) is 85.2 cm³/mol. The Balaban J connectivity index is 1.66. The highest BCUT2D eigenvalue weighted by Gasteiger charge is 2.32. The summed E-state index contributed by atoms with van der Waals surface area (Å²) in [5.41, 5.74) is 4.69. The lowest BCUT2D eigenvalue weighted by atomic mass is 9.99. The minimum absolute atomic E-state index is 0.121. The lowest BCUT2D eigenvalue weighted by Gasteiger charge is -2.26. The number of carbonyl (C=O) groups is 2. The van der Waals surface area contributed by atoms with Gasteiger partial charge in [0.2, 0.25) is 5.91 Å². The molecule has 2 aromatic rings. The van der Waals surface area contributed by atoms with E-state index in [0.29, 0.717) is 12.0 Å². The molecule has 0 spiro atoms. The van der Waals surface area contributed by atoms with E-state index in [2.05, 4.69) is 5.32 Å². The lowest BCUT2D eigenvalue weighted by molar-refractivity contribution is -0.117. The molecule has 4 nitrogen and oxygen atoms in total. The number of amides is 2. The molecule has 1 N–H and O–H groups in total. The zero-order valence-corrected chi connectivity index (χ0v) is 12.1. The Morgan fingerprint density at radius 1 is 1.09 bits per heavy atom.